The number of likely N-dealkylation sites (tertiary alicyclic amines) is 3. The summed E-state index contributed by atoms with van der Waals surface area (Å²) in [4.78, 5) is 62.6. The molecule has 3 aromatic heterocycles. The number of hydrogen-bond acceptors (Lipinski definition) is 23. The molecule has 0 radical (unpaired) electrons. The molecule has 0 unspecified atom stereocenters. The third-order valence-electron chi connectivity index (χ3n) is 17.6. The van der Waals surface area contributed by atoms with Crippen molar-refractivity contribution in [2.45, 2.75) is 269 Å². The fraction of sp³-hybridized carbons (Fsp3) is 0.667. The molecule has 0 saturated carbocycles. The van der Waals surface area contributed by atoms with Crippen molar-refractivity contribution in [1.82, 2.24) is 50.0 Å². The van der Waals surface area contributed by atoms with Gasteiger partial charge in [0.1, 0.15) is 60.0 Å². The fourth-order valence-corrected chi connectivity index (χ4v) is 12.6. The first kappa shape index (κ1) is 101. The molecule has 0 aliphatic carbocycles. The molecule has 4 aromatic rings. The van der Waals surface area contributed by atoms with Crippen molar-refractivity contribution in [1.29, 1.82) is 0 Å². The standard InChI is InChI=1S/C27H27F4N7O2.C16H23F4N3O2.C15H21F4N3O3.C11H15F4N3.ClH.S3.S2.H2S/c1-15(39)26-21-8-17(18-11-32-16(2)33-12-18)5-6-23(21)38(36-26)14-25(40)37-13-19(28)9-24(37)22-10-20(34-35-22)4-3-7-27(29,30)31;1-15(2,3)25-14(24)23-9-10(17)7-13(23)12-8-11(21-22-12)5-4-6-16(18,19)20;1-14(2,3)25-13(23)22-8-9(16)7-10(22)12-21-20-11(24-12)5-4-6-15(17,18)19;12-7-4-9(16-6-7)10-5-8(17-18-10)2-1-3-11(13,14)15;;1-3-2;1-2;/h5-6,8,11-12,19,24H,3-4,7,9-10,13-14H2,1-2H3;10,13H,4-9H2,1-3H3;9-10H,4-8H2,1-3H3;7,9,16H,1-6H2;1H;;;1H2/t19-,24+;10-,13+;9-,10+;7-,9+;;;;/m1111..../s1. The van der Waals surface area contributed by atoms with E-state index in [0.717, 1.165) is 25.7 Å². The Morgan fingerprint density at radius 1 is 0.565 bits per heavy atom. The number of aromatic nitrogens is 6. The summed E-state index contributed by atoms with van der Waals surface area (Å²) < 4.78 is 219. The summed E-state index contributed by atoms with van der Waals surface area (Å²) >= 11 is 15.6. The number of carbonyl (C=O) groups is 4. The van der Waals surface area contributed by atoms with Crippen LogP contribution < -0.4 is 5.32 Å². The van der Waals surface area contributed by atoms with Crippen LogP contribution >= 0.6 is 25.9 Å². The van der Waals surface area contributed by atoms with Crippen molar-refractivity contribution in [3.63, 3.8) is 0 Å². The number of benzene rings is 1. The molecule has 23 nitrogen and oxygen atoms in total. The van der Waals surface area contributed by atoms with Gasteiger partial charge in [0.15, 0.2) is 5.78 Å². The van der Waals surface area contributed by atoms with Crippen molar-refractivity contribution >= 4 is 149 Å². The average molecular weight is 1790 g/mol. The van der Waals surface area contributed by atoms with Crippen molar-refractivity contribution in [3.8, 4) is 11.1 Å². The lowest BCUT2D eigenvalue weighted by Gasteiger charge is -2.28. The number of amides is 3. The Bertz CT molecular complexity index is 4130. The number of Topliss-reactive ketones (excluding diaryl/α,β-unsaturated/α-hetero) is 1. The number of nitrogens with zero attached hydrogens (tertiary/aromatic N) is 15. The van der Waals surface area contributed by atoms with Gasteiger partial charge in [0.2, 0.25) is 17.7 Å². The van der Waals surface area contributed by atoms with Crippen LogP contribution in [0.15, 0.2) is 65.6 Å². The predicted octanol–water partition coefficient (Wildman–Crippen LogP) is 16.3. The summed E-state index contributed by atoms with van der Waals surface area (Å²) in [6.45, 7) is 13.1. The van der Waals surface area contributed by atoms with Gasteiger partial charge in [-0.3, -0.25) is 24.1 Å². The lowest BCUT2D eigenvalue weighted by atomic mass is 10.0. The van der Waals surface area contributed by atoms with Gasteiger partial charge < -0.3 is 24.1 Å². The van der Waals surface area contributed by atoms with E-state index >= 15 is 0 Å². The van der Waals surface area contributed by atoms with E-state index in [9.17, 15) is 89.4 Å². The van der Waals surface area contributed by atoms with Crippen LogP contribution in [-0.2, 0) is 80.9 Å². The van der Waals surface area contributed by atoms with E-state index in [1.165, 1.54) is 26.3 Å². The van der Waals surface area contributed by atoms with Crippen molar-refractivity contribution in [2.24, 2.45) is 30.6 Å². The van der Waals surface area contributed by atoms with E-state index in [2.05, 4.69) is 106 Å². The summed E-state index contributed by atoms with van der Waals surface area (Å²) in [6, 6.07) is 3.29. The quantitative estimate of drug-likeness (QED) is 0.0636. The second-order valence-corrected chi connectivity index (χ2v) is 31.0. The maximum Gasteiger partial charge on any atom is 0.411 e. The minimum Gasteiger partial charge on any atom is -0.444 e. The number of halogens is 17. The first-order chi connectivity index (χ1) is 52.7. The second kappa shape index (κ2) is 44.8. The number of alkyl halides is 16. The number of fused-ring (bicyclic) bond motifs is 1. The van der Waals surface area contributed by atoms with Gasteiger partial charge in [-0.1, -0.05) is 6.07 Å². The minimum atomic E-state index is -4.25. The molecular weight excluding hydrogens is 1700 g/mol. The zero-order chi connectivity index (χ0) is 84.1. The molecule has 642 valence electrons. The van der Waals surface area contributed by atoms with Gasteiger partial charge in [0.05, 0.1) is 60.4 Å². The lowest BCUT2D eigenvalue weighted by molar-refractivity contribution is -0.136. The fourth-order valence-electron chi connectivity index (χ4n) is 12.6. The summed E-state index contributed by atoms with van der Waals surface area (Å²) in [5.74, 6) is -0.0105. The van der Waals surface area contributed by atoms with Gasteiger partial charge >= 0.3 is 36.9 Å². The second-order valence-electron chi connectivity index (χ2n) is 29.2. The van der Waals surface area contributed by atoms with E-state index in [1.807, 2.05) is 6.07 Å². The largest absolute Gasteiger partial charge is 0.444 e. The van der Waals surface area contributed by atoms with Crippen LogP contribution in [-0.4, -0.2) is 208 Å². The summed E-state index contributed by atoms with van der Waals surface area (Å²) in [6.07, 6.45) is -21.1. The van der Waals surface area contributed by atoms with Crippen molar-refractivity contribution in [3.05, 3.63) is 53.9 Å². The van der Waals surface area contributed by atoms with E-state index in [1.54, 1.807) is 73.0 Å². The molecular formula is C69H89ClF16N16O7S6. The number of aryl methyl sites for hydroxylation is 2. The third-order valence-corrected chi connectivity index (χ3v) is 17.6. The minimum absolute atomic E-state index is 0. The highest BCUT2D eigenvalue weighted by Crippen LogP contribution is 2.37. The Hall–Kier alpha value is -6.81. The Kier molecular flexibility index (Phi) is 39.2. The van der Waals surface area contributed by atoms with E-state index < -0.39 is 122 Å². The summed E-state index contributed by atoms with van der Waals surface area (Å²) in [5.41, 5.74) is 4.29. The average Bonchev–Trinajstić information content (AvgIpc) is 1.62. The molecule has 11 rings (SSSR count). The Morgan fingerprint density at radius 3 is 1.40 bits per heavy atom. The number of carbonyl (C=O) groups excluding carboxylic acids is 4. The molecule has 1 aromatic carbocycles. The van der Waals surface area contributed by atoms with Crippen LogP contribution in [0.1, 0.15) is 198 Å². The Balaban J connectivity index is 0.000000327. The first-order valence-electron chi connectivity index (χ1n) is 35.7. The number of hydrogen-bond donors (Lipinski definition) is 1. The number of ketones is 1. The highest BCUT2D eigenvalue weighted by molar-refractivity contribution is 8.37. The van der Waals surface area contributed by atoms with Crippen LogP contribution in [0.5, 0.6) is 0 Å². The van der Waals surface area contributed by atoms with E-state index in [-0.39, 0.29) is 158 Å². The molecule has 7 aliphatic heterocycles. The van der Waals surface area contributed by atoms with Crippen molar-refractivity contribution < 1.29 is 103 Å². The molecule has 4 saturated heterocycles. The van der Waals surface area contributed by atoms with Crippen molar-refractivity contribution in [2.75, 3.05) is 26.2 Å². The maximum atomic E-state index is 14.5. The Labute approximate surface area is 688 Å². The SMILES string of the molecule is CC(=O)c1nn(CC(=O)N2C[C@H](F)C[C@H]2C2=NN=C(CCCC(F)(F)F)C2)c2ccc(-c3cnc(C)nc3)cc12.CC(C)(C)OC(=O)N1C[C@H](F)C[C@H]1C1=NN=C(CCCC(F)(F)F)C1.CC(C)(C)OC(=O)N1C[C@H](F)C[C@H]1c1nnc(CCCC(F)(F)F)o1.Cl.F[C@H]1CN[C@H](C2=NN=C(CCCC(F)(F)F)C2)C1.S.S=S.S=S=S. The zero-order valence-corrected chi connectivity index (χ0v) is 69.4. The maximum absolute atomic E-state index is 14.5. The molecule has 1 N–H and O–H groups in total. The number of nitrogens with one attached hydrogen (secondary N) is 1. The van der Waals surface area contributed by atoms with E-state index in [0.29, 0.717) is 71.1 Å². The molecule has 46 heteroatoms. The lowest BCUT2D eigenvalue weighted by Crippen LogP contribution is -2.43. The van der Waals surface area contributed by atoms with Gasteiger partial charge in [0, 0.05) is 185 Å². The smallest absolute Gasteiger partial charge is 0.411 e. The molecule has 0 spiro atoms. The molecule has 0 bridgehead atoms. The first-order valence-corrected chi connectivity index (χ1v) is 39.7. The number of ether oxygens (including phenoxy) is 2. The molecule has 7 aliphatic rings. The molecule has 3 amide bonds. The normalized spacial score (nSPS) is 21.3. The predicted molar refractivity (Wildman–Crippen MR) is 419 cm³/mol. The van der Waals surface area contributed by atoms with Gasteiger partial charge in [-0.25, -0.2) is 37.1 Å². The third kappa shape index (κ3) is 33.8. The summed E-state index contributed by atoms with van der Waals surface area (Å²) in [7, 11) is 0.917. The molecule has 4 fully saturated rings. The van der Waals surface area contributed by atoms with Crippen LogP contribution in [0, 0.1) is 6.92 Å². The monoisotopic (exact) mass is 1780 g/mol. The number of rotatable bonds is 20. The van der Waals surface area contributed by atoms with Crippen LogP contribution in [0.4, 0.5) is 79.8 Å². The Morgan fingerprint density at radius 2 is 0.974 bits per heavy atom. The van der Waals surface area contributed by atoms with Gasteiger partial charge in [-0.15, -0.1) is 22.6 Å². The highest BCUT2D eigenvalue weighted by atomic mass is 35.5. The molecule has 10 heterocycles. The zero-order valence-electron chi connectivity index (χ0n) is 63.5. The van der Waals surface area contributed by atoms with Crippen LogP contribution in [0.25, 0.3) is 22.0 Å². The highest BCUT2D eigenvalue weighted by Gasteiger charge is 2.45. The van der Waals surface area contributed by atoms with E-state index in [4.69, 9.17) is 13.9 Å². The topological polar surface area (TPSA) is 265 Å². The summed E-state index contributed by atoms with van der Waals surface area (Å²) in [5, 5.41) is 39.2. The van der Waals surface area contributed by atoms with Gasteiger partial charge in [-0.05, 0) is 111 Å². The van der Waals surface area contributed by atoms with Crippen LogP contribution in [0.3, 0.4) is 0 Å². The van der Waals surface area contributed by atoms with Crippen LogP contribution in [0.2, 0.25) is 0 Å². The molecule has 8 atom stereocenters. The van der Waals surface area contributed by atoms with Gasteiger partial charge in [-0.2, -0.15) is 102 Å². The molecule has 115 heavy (non-hydrogen) atoms. The van der Waals surface area contributed by atoms with Gasteiger partial charge in [0.25, 0.3) is 0 Å².